The number of pyridine rings is 2. The number of ether oxygens (including phenoxy) is 1. The molecule has 0 unspecified atom stereocenters. The van der Waals surface area contributed by atoms with Crippen molar-refractivity contribution in [1.82, 2.24) is 9.88 Å². The van der Waals surface area contributed by atoms with Crippen LogP contribution in [0.4, 0.5) is 5.82 Å². The van der Waals surface area contributed by atoms with Gasteiger partial charge in [0.2, 0.25) is 5.82 Å². The predicted molar refractivity (Wildman–Crippen MR) is 105 cm³/mol. The monoisotopic (exact) mass is 349 g/mol. The molecule has 3 heterocycles. The van der Waals surface area contributed by atoms with Gasteiger partial charge in [-0.25, -0.2) is 9.97 Å². The average Bonchev–Trinajstić information content (AvgIpc) is 2.73. The lowest BCUT2D eigenvalue weighted by Crippen LogP contribution is -2.46. The van der Waals surface area contributed by atoms with Crippen LogP contribution in [0.3, 0.4) is 0 Å². The van der Waals surface area contributed by atoms with E-state index in [4.69, 9.17) is 9.72 Å². The second-order valence-electron chi connectivity index (χ2n) is 6.62. The van der Waals surface area contributed by atoms with E-state index >= 15 is 0 Å². The largest absolute Gasteiger partial charge is 0.497 e. The molecule has 0 aliphatic carbocycles. The predicted octanol–water partition coefficient (Wildman–Crippen LogP) is 2.87. The van der Waals surface area contributed by atoms with Crippen LogP contribution >= 0.6 is 0 Å². The molecule has 134 valence electrons. The van der Waals surface area contributed by atoms with Gasteiger partial charge in [-0.1, -0.05) is 6.92 Å². The highest BCUT2D eigenvalue weighted by Gasteiger charge is 2.22. The van der Waals surface area contributed by atoms with E-state index in [1.54, 1.807) is 7.11 Å². The summed E-state index contributed by atoms with van der Waals surface area (Å²) in [4.78, 5) is 13.3. The van der Waals surface area contributed by atoms with Crippen LogP contribution in [-0.2, 0) is 0 Å². The molecule has 26 heavy (non-hydrogen) atoms. The van der Waals surface area contributed by atoms with Crippen molar-refractivity contribution in [1.29, 1.82) is 0 Å². The normalized spacial score (nSPS) is 15.4. The number of anilines is 1. The smallest absolute Gasteiger partial charge is 0.253 e. The average molecular weight is 349 g/mol. The lowest BCUT2D eigenvalue weighted by Gasteiger charge is -2.34. The second-order valence-corrected chi connectivity index (χ2v) is 6.62. The van der Waals surface area contributed by atoms with Crippen LogP contribution in [0, 0.1) is 0 Å². The third-order valence-corrected chi connectivity index (χ3v) is 5.14. The van der Waals surface area contributed by atoms with Crippen LogP contribution in [0.15, 0.2) is 48.7 Å². The van der Waals surface area contributed by atoms with E-state index in [1.807, 2.05) is 24.4 Å². The molecule has 3 aromatic rings. The number of rotatable bonds is 4. The number of nitrogens with one attached hydrogen (secondary N) is 1. The molecule has 5 nitrogen and oxygen atoms in total. The quantitative estimate of drug-likeness (QED) is 0.726. The number of benzene rings is 1. The van der Waals surface area contributed by atoms with Crippen LogP contribution in [0.2, 0.25) is 0 Å². The second kappa shape index (κ2) is 7.30. The lowest BCUT2D eigenvalue weighted by atomic mass is 10.1. The number of aromatic nitrogens is 2. The molecule has 1 aliphatic rings. The minimum atomic E-state index is 0.860. The molecular weight excluding hydrogens is 324 g/mol. The number of hydrogen-bond donors (Lipinski definition) is 0. The van der Waals surface area contributed by atoms with Gasteiger partial charge in [0.1, 0.15) is 5.75 Å². The maximum absolute atomic E-state index is 5.28. The fourth-order valence-corrected chi connectivity index (χ4v) is 3.53. The molecule has 0 atom stereocenters. The van der Waals surface area contributed by atoms with Gasteiger partial charge < -0.3 is 14.5 Å². The summed E-state index contributed by atoms with van der Waals surface area (Å²) in [7, 11) is 1.69. The SMILES string of the molecule is CCN1CCN(c2nc(-c3ccc(OC)cc3)cc3ccc[nH+]c23)CC1. The molecule has 0 radical (unpaired) electrons. The van der Waals surface area contributed by atoms with Gasteiger partial charge in [-0.2, -0.15) is 0 Å². The number of hydrogen-bond acceptors (Lipinski definition) is 4. The Morgan fingerprint density at radius 2 is 1.85 bits per heavy atom. The van der Waals surface area contributed by atoms with Crippen LogP contribution in [0.1, 0.15) is 6.92 Å². The molecule has 5 heteroatoms. The first-order valence-corrected chi connectivity index (χ1v) is 9.21. The fraction of sp³-hybridized carbons (Fsp3) is 0.333. The van der Waals surface area contributed by atoms with Gasteiger partial charge in [0, 0.05) is 37.8 Å². The Labute approximate surface area is 154 Å². The molecule has 0 amide bonds. The van der Waals surface area contributed by atoms with Crippen molar-refractivity contribution >= 4 is 16.7 Å². The maximum atomic E-state index is 5.28. The number of likely N-dealkylation sites (N-methyl/N-ethyl adjacent to an activating group) is 1. The minimum Gasteiger partial charge on any atom is -0.497 e. The first kappa shape index (κ1) is 16.8. The van der Waals surface area contributed by atoms with Crippen molar-refractivity contribution in [2.45, 2.75) is 6.92 Å². The minimum absolute atomic E-state index is 0.860. The van der Waals surface area contributed by atoms with Crippen LogP contribution in [-0.4, -0.2) is 49.7 Å². The molecule has 0 bridgehead atoms. The summed E-state index contributed by atoms with van der Waals surface area (Å²) in [5.41, 5.74) is 3.20. The maximum Gasteiger partial charge on any atom is 0.253 e. The van der Waals surface area contributed by atoms with Crippen LogP contribution in [0.25, 0.3) is 22.2 Å². The fourth-order valence-electron chi connectivity index (χ4n) is 3.53. The molecular formula is C21H25N4O+. The van der Waals surface area contributed by atoms with Crippen molar-refractivity contribution in [3.8, 4) is 17.0 Å². The Morgan fingerprint density at radius 3 is 2.54 bits per heavy atom. The van der Waals surface area contributed by atoms with Crippen molar-refractivity contribution in [3.63, 3.8) is 0 Å². The lowest BCUT2D eigenvalue weighted by molar-refractivity contribution is -0.344. The first-order valence-electron chi connectivity index (χ1n) is 9.21. The van der Waals surface area contributed by atoms with E-state index in [2.05, 4.69) is 46.0 Å². The molecule has 1 aromatic carbocycles. The Bertz CT molecular complexity index is 886. The number of nitrogens with zero attached hydrogens (tertiary/aromatic N) is 3. The third-order valence-electron chi connectivity index (χ3n) is 5.14. The van der Waals surface area contributed by atoms with Crippen molar-refractivity contribution in [2.75, 3.05) is 44.7 Å². The van der Waals surface area contributed by atoms with E-state index in [9.17, 15) is 0 Å². The molecule has 1 fully saturated rings. The topological polar surface area (TPSA) is 42.7 Å². The summed E-state index contributed by atoms with van der Waals surface area (Å²) in [6.45, 7) is 7.51. The summed E-state index contributed by atoms with van der Waals surface area (Å²) < 4.78 is 5.28. The van der Waals surface area contributed by atoms with E-state index in [0.29, 0.717) is 0 Å². The summed E-state index contributed by atoms with van der Waals surface area (Å²) >= 11 is 0. The summed E-state index contributed by atoms with van der Waals surface area (Å²) in [6, 6.07) is 14.4. The summed E-state index contributed by atoms with van der Waals surface area (Å²) in [5.74, 6) is 1.91. The Kier molecular flexibility index (Phi) is 4.71. The molecule has 4 rings (SSSR count). The number of H-pyrrole nitrogens is 1. The molecule has 1 N–H and O–H groups in total. The highest BCUT2D eigenvalue weighted by molar-refractivity contribution is 5.89. The van der Waals surface area contributed by atoms with E-state index < -0.39 is 0 Å². The van der Waals surface area contributed by atoms with E-state index in [1.165, 1.54) is 5.39 Å². The number of aromatic amines is 1. The van der Waals surface area contributed by atoms with Gasteiger partial charge in [-0.05, 0) is 42.9 Å². The summed E-state index contributed by atoms with van der Waals surface area (Å²) in [6.07, 6.45) is 1.98. The van der Waals surface area contributed by atoms with Gasteiger partial charge in [-0.3, -0.25) is 0 Å². The Hall–Kier alpha value is -2.66. The zero-order valence-electron chi connectivity index (χ0n) is 15.4. The first-order chi connectivity index (χ1) is 12.8. The molecule has 2 aromatic heterocycles. The van der Waals surface area contributed by atoms with Gasteiger partial charge >= 0.3 is 0 Å². The third kappa shape index (κ3) is 3.22. The molecule has 1 aliphatic heterocycles. The Balaban J connectivity index is 1.75. The van der Waals surface area contributed by atoms with Crippen molar-refractivity contribution < 1.29 is 9.72 Å². The standard InChI is InChI=1S/C21H24N4O/c1-3-24-11-13-25(14-12-24)21-20-17(5-4-10-22-20)15-19(23-21)16-6-8-18(26-2)9-7-16/h4-10,15H,3,11-14H2,1-2H3/p+1. The number of piperazine rings is 1. The van der Waals surface area contributed by atoms with Crippen LogP contribution in [0.5, 0.6) is 5.75 Å². The van der Waals surface area contributed by atoms with Gasteiger partial charge in [0.25, 0.3) is 5.52 Å². The number of methoxy groups -OCH3 is 1. The highest BCUT2D eigenvalue weighted by Crippen LogP contribution is 2.29. The zero-order chi connectivity index (χ0) is 17.9. The van der Waals surface area contributed by atoms with E-state index in [-0.39, 0.29) is 0 Å². The van der Waals surface area contributed by atoms with Gasteiger partial charge in [-0.15, -0.1) is 0 Å². The summed E-state index contributed by atoms with van der Waals surface area (Å²) in [5, 5.41) is 1.18. The molecule has 1 saturated heterocycles. The Morgan fingerprint density at radius 1 is 1.08 bits per heavy atom. The van der Waals surface area contributed by atoms with Gasteiger partial charge in [0.05, 0.1) is 18.2 Å². The number of fused-ring (bicyclic) bond motifs is 1. The van der Waals surface area contributed by atoms with Crippen molar-refractivity contribution in [3.05, 3.63) is 48.7 Å². The van der Waals surface area contributed by atoms with Gasteiger partial charge in [0.15, 0.2) is 6.20 Å². The molecule has 0 spiro atoms. The molecule has 0 saturated carbocycles. The zero-order valence-corrected chi connectivity index (χ0v) is 15.4. The van der Waals surface area contributed by atoms with Crippen LogP contribution < -0.4 is 14.6 Å². The highest BCUT2D eigenvalue weighted by atomic mass is 16.5. The van der Waals surface area contributed by atoms with E-state index in [0.717, 1.165) is 61.1 Å². The van der Waals surface area contributed by atoms with Crippen molar-refractivity contribution in [2.24, 2.45) is 0 Å².